The van der Waals surface area contributed by atoms with Gasteiger partial charge in [-0.3, -0.25) is 0 Å². The first-order valence-electron chi connectivity index (χ1n) is 8.47. The summed E-state index contributed by atoms with van der Waals surface area (Å²) >= 11 is 0. The Morgan fingerprint density at radius 2 is 1.76 bits per heavy atom. The molecular formula is C18H27FN2. The third kappa shape index (κ3) is 3.08. The van der Waals surface area contributed by atoms with E-state index in [0.29, 0.717) is 12.0 Å². The lowest BCUT2D eigenvalue weighted by atomic mass is 9.68. The van der Waals surface area contributed by atoms with Crippen LogP contribution in [-0.4, -0.2) is 19.6 Å². The van der Waals surface area contributed by atoms with Gasteiger partial charge >= 0.3 is 0 Å². The molecule has 0 atom stereocenters. The third-order valence-electron chi connectivity index (χ3n) is 5.54. The van der Waals surface area contributed by atoms with E-state index in [9.17, 15) is 4.39 Å². The molecule has 0 amide bonds. The molecule has 1 aromatic rings. The quantitative estimate of drug-likeness (QED) is 0.915. The fourth-order valence-corrected chi connectivity index (χ4v) is 4.28. The topological polar surface area (TPSA) is 29.3 Å². The molecule has 1 aliphatic heterocycles. The molecule has 116 valence electrons. The van der Waals surface area contributed by atoms with Crippen LogP contribution in [0.3, 0.4) is 0 Å². The lowest BCUT2D eigenvalue weighted by molar-refractivity contribution is 0.144. The van der Waals surface area contributed by atoms with Crippen LogP contribution in [0.5, 0.6) is 0 Å². The van der Waals surface area contributed by atoms with Gasteiger partial charge < -0.3 is 10.6 Å². The summed E-state index contributed by atoms with van der Waals surface area (Å²) in [7, 11) is 0. The van der Waals surface area contributed by atoms with Crippen LogP contribution < -0.4 is 10.6 Å². The van der Waals surface area contributed by atoms with Crippen molar-refractivity contribution in [2.75, 3.05) is 24.5 Å². The van der Waals surface area contributed by atoms with Gasteiger partial charge in [-0.2, -0.15) is 0 Å². The van der Waals surface area contributed by atoms with E-state index in [0.717, 1.165) is 30.8 Å². The maximum atomic E-state index is 14.3. The standard InChI is InChI=1S/C18H27FN2/c19-16-6-4-5-15(7-12-20)17(16)21-13-10-18(11-14-21)8-2-1-3-9-18/h4-6H,1-3,7-14,20H2. The fourth-order valence-electron chi connectivity index (χ4n) is 4.28. The van der Waals surface area contributed by atoms with Crippen LogP contribution in [0.4, 0.5) is 10.1 Å². The normalized spacial score (nSPS) is 21.7. The molecule has 1 aromatic carbocycles. The molecule has 21 heavy (non-hydrogen) atoms. The van der Waals surface area contributed by atoms with Gasteiger partial charge in [-0.15, -0.1) is 0 Å². The van der Waals surface area contributed by atoms with E-state index in [1.54, 1.807) is 12.1 Å². The maximum absolute atomic E-state index is 14.3. The molecule has 1 aliphatic carbocycles. The first-order chi connectivity index (χ1) is 10.2. The third-order valence-corrected chi connectivity index (χ3v) is 5.54. The second-order valence-electron chi connectivity index (χ2n) is 6.83. The summed E-state index contributed by atoms with van der Waals surface area (Å²) in [6, 6.07) is 5.41. The molecular weight excluding hydrogens is 263 g/mol. The van der Waals surface area contributed by atoms with E-state index < -0.39 is 0 Å². The molecule has 2 nitrogen and oxygen atoms in total. The van der Waals surface area contributed by atoms with Crippen LogP contribution in [0.2, 0.25) is 0 Å². The lowest BCUT2D eigenvalue weighted by Crippen LogP contribution is -2.41. The van der Waals surface area contributed by atoms with Gasteiger partial charge in [0.15, 0.2) is 0 Å². The van der Waals surface area contributed by atoms with Crippen molar-refractivity contribution in [3.05, 3.63) is 29.6 Å². The summed E-state index contributed by atoms with van der Waals surface area (Å²) in [6.07, 6.45) is 10.2. The van der Waals surface area contributed by atoms with E-state index in [1.807, 2.05) is 6.07 Å². The van der Waals surface area contributed by atoms with E-state index in [2.05, 4.69) is 4.90 Å². The molecule has 1 spiro atoms. The van der Waals surface area contributed by atoms with Crippen molar-refractivity contribution >= 4 is 5.69 Å². The van der Waals surface area contributed by atoms with Crippen molar-refractivity contribution in [1.82, 2.24) is 0 Å². The highest BCUT2D eigenvalue weighted by Gasteiger charge is 2.36. The van der Waals surface area contributed by atoms with Gasteiger partial charge in [-0.1, -0.05) is 31.4 Å². The average Bonchev–Trinajstić information content (AvgIpc) is 2.50. The molecule has 1 saturated carbocycles. The zero-order valence-electron chi connectivity index (χ0n) is 12.9. The van der Waals surface area contributed by atoms with Crippen molar-refractivity contribution in [2.45, 2.75) is 51.4 Å². The highest BCUT2D eigenvalue weighted by molar-refractivity contribution is 5.55. The van der Waals surface area contributed by atoms with Crippen molar-refractivity contribution in [1.29, 1.82) is 0 Å². The van der Waals surface area contributed by atoms with Crippen molar-refractivity contribution in [3.8, 4) is 0 Å². The lowest BCUT2D eigenvalue weighted by Gasteiger charge is -2.45. The highest BCUT2D eigenvalue weighted by atomic mass is 19.1. The molecule has 3 rings (SSSR count). The van der Waals surface area contributed by atoms with Crippen LogP contribution in [0.25, 0.3) is 0 Å². The number of hydrogen-bond acceptors (Lipinski definition) is 2. The Morgan fingerprint density at radius 1 is 1.05 bits per heavy atom. The zero-order valence-corrected chi connectivity index (χ0v) is 12.9. The Balaban J connectivity index is 1.74. The molecule has 1 saturated heterocycles. The van der Waals surface area contributed by atoms with Crippen LogP contribution in [0.1, 0.15) is 50.5 Å². The smallest absolute Gasteiger partial charge is 0.146 e. The van der Waals surface area contributed by atoms with E-state index in [1.165, 1.54) is 44.9 Å². The molecule has 2 N–H and O–H groups in total. The fraction of sp³-hybridized carbons (Fsp3) is 0.667. The van der Waals surface area contributed by atoms with Crippen LogP contribution in [0, 0.1) is 11.2 Å². The van der Waals surface area contributed by atoms with Crippen LogP contribution in [-0.2, 0) is 6.42 Å². The van der Waals surface area contributed by atoms with Gasteiger partial charge in [0, 0.05) is 13.1 Å². The predicted molar refractivity (Wildman–Crippen MR) is 86.1 cm³/mol. The first-order valence-corrected chi connectivity index (χ1v) is 8.47. The van der Waals surface area contributed by atoms with Crippen LogP contribution >= 0.6 is 0 Å². The van der Waals surface area contributed by atoms with Gasteiger partial charge in [0.1, 0.15) is 5.82 Å². The minimum Gasteiger partial charge on any atom is -0.369 e. The van der Waals surface area contributed by atoms with Gasteiger partial charge in [-0.05, 0) is 55.7 Å². The number of hydrogen-bond donors (Lipinski definition) is 1. The monoisotopic (exact) mass is 290 g/mol. The Labute approximate surface area is 127 Å². The van der Waals surface area contributed by atoms with Gasteiger partial charge in [0.05, 0.1) is 5.69 Å². The molecule has 0 bridgehead atoms. The summed E-state index contributed by atoms with van der Waals surface area (Å²) < 4.78 is 14.3. The van der Waals surface area contributed by atoms with Crippen molar-refractivity contribution in [3.63, 3.8) is 0 Å². The number of halogens is 1. The van der Waals surface area contributed by atoms with Gasteiger partial charge in [-0.25, -0.2) is 4.39 Å². The minimum atomic E-state index is -0.0828. The number of anilines is 1. The van der Waals surface area contributed by atoms with E-state index in [4.69, 9.17) is 5.73 Å². The largest absolute Gasteiger partial charge is 0.369 e. The minimum absolute atomic E-state index is 0.0828. The van der Waals surface area contributed by atoms with Crippen molar-refractivity contribution < 1.29 is 4.39 Å². The Morgan fingerprint density at radius 3 is 2.43 bits per heavy atom. The summed E-state index contributed by atoms with van der Waals surface area (Å²) in [6.45, 7) is 2.57. The van der Waals surface area contributed by atoms with Crippen molar-refractivity contribution in [2.24, 2.45) is 11.1 Å². The SMILES string of the molecule is NCCc1cccc(F)c1N1CCC2(CCCCC2)CC1. The van der Waals surface area contributed by atoms with E-state index >= 15 is 0 Å². The van der Waals surface area contributed by atoms with Gasteiger partial charge in [0.2, 0.25) is 0 Å². The predicted octanol–water partition coefficient (Wildman–Crippen LogP) is 3.88. The number of nitrogens with zero attached hydrogens (tertiary/aromatic N) is 1. The average molecular weight is 290 g/mol. The Bertz CT molecular complexity index is 470. The highest BCUT2D eigenvalue weighted by Crippen LogP contribution is 2.45. The number of para-hydroxylation sites is 1. The molecule has 0 radical (unpaired) electrons. The number of nitrogens with two attached hydrogens (primary N) is 1. The maximum Gasteiger partial charge on any atom is 0.146 e. The Hall–Kier alpha value is -1.09. The molecule has 0 aromatic heterocycles. The number of benzene rings is 1. The van der Waals surface area contributed by atoms with Crippen LogP contribution in [0.15, 0.2) is 18.2 Å². The summed E-state index contributed by atoms with van der Waals surface area (Å²) in [5.74, 6) is -0.0828. The number of piperidine rings is 1. The molecule has 2 fully saturated rings. The second-order valence-corrected chi connectivity index (χ2v) is 6.83. The second kappa shape index (κ2) is 6.35. The van der Waals surface area contributed by atoms with Gasteiger partial charge in [0.25, 0.3) is 0 Å². The Kier molecular flexibility index (Phi) is 4.48. The molecule has 1 heterocycles. The molecule has 3 heteroatoms. The summed E-state index contributed by atoms with van der Waals surface area (Å²) in [5.41, 5.74) is 8.12. The first kappa shape index (κ1) is 14.8. The zero-order chi connectivity index (χ0) is 14.7. The summed E-state index contributed by atoms with van der Waals surface area (Å²) in [4.78, 5) is 2.26. The molecule has 2 aliphatic rings. The number of rotatable bonds is 3. The van der Waals surface area contributed by atoms with E-state index in [-0.39, 0.29) is 5.82 Å². The molecule has 0 unspecified atom stereocenters. The summed E-state index contributed by atoms with van der Waals surface area (Å²) in [5, 5.41) is 0.